The third kappa shape index (κ3) is 4.12. The molecule has 2 heterocycles. The molecule has 1 amide bonds. The second-order valence-corrected chi connectivity index (χ2v) is 6.94. The van der Waals surface area contributed by atoms with Crippen LogP contribution in [0.15, 0.2) is 60.8 Å². The van der Waals surface area contributed by atoms with Crippen LogP contribution in [-0.4, -0.2) is 49.2 Å². The van der Waals surface area contributed by atoms with Crippen molar-refractivity contribution in [1.29, 1.82) is 0 Å². The summed E-state index contributed by atoms with van der Waals surface area (Å²) in [7, 11) is 1.68. The third-order valence-electron chi connectivity index (χ3n) is 5.07. The molecule has 0 unspecified atom stereocenters. The molecule has 1 aromatic heterocycles. The minimum Gasteiger partial charge on any atom is -0.495 e. The first-order chi connectivity index (χ1) is 14.7. The van der Waals surface area contributed by atoms with Gasteiger partial charge in [0.15, 0.2) is 0 Å². The molecule has 8 heteroatoms. The average Bonchev–Trinajstić information content (AvgIpc) is 2.79. The molecule has 30 heavy (non-hydrogen) atoms. The number of amides is 1. The van der Waals surface area contributed by atoms with Crippen LogP contribution in [0.2, 0.25) is 0 Å². The predicted molar refractivity (Wildman–Crippen MR) is 118 cm³/mol. The maximum absolute atomic E-state index is 12.5. The number of hydrogen-bond acceptors (Lipinski definition) is 7. The summed E-state index contributed by atoms with van der Waals surface area (Å²) < 4.78 is 5.47. The normalized spacial score (nSPS) is 13.8. The molecule has 8 nitrogen and oxygen atoms in total. The minimum absolute atomic E-state index is 0.167. The third-order valence-corrected chi connectivity index (χ3v) is 5.07. The molecule has 0 bridgehead atoms. The number of nitrogens with one attached hydrogen (secondary N) is 1. The Morgan fingerprint density at radius 2 is 1.67 bits per heavy atom. The van der Waals surface area contributed by atoms with Crippen molar-refractivity contribution in [3.8, 4) is 5.75 Å². The summed E-state index contributed by atoms with van der Waals surface area (Å²) in [5.41, 5.74) is 8.10. The molecule has 1 aliphatic rings. The Bertz CT molecular complexity index is 1020. The average molecular weight is 404 g/mol. The molecule has 2 aromatic carbocycles. The number of benzene rings is 2. The van der Waals surface area contributed by atoms with E-state index in [1.54, 1.807) is 7.11 Å². The number of rotatable bonds is 5. The van der Waals surface area contributed by atoms with Crippen molar-refractivity contribution in [3.63, 3.8) is 0 Å². The van der Waals surface area contributed by atoms with Gasteiger partial charge in [-0.3, -0.25) is 4.79 Å². The first-order valence-corrected chi connectivity index (χ1v) is 9.77. The van der Waals surface area contributed by atoms with Gasteiger partial charge in [-0.15, -0.1) is 0 Å². The summed E-state index contributed by atoms with van der Waals surface area (Å²) in [5.74, 6) is 1.23. The molecular formula is C22H24N6O2. The second-order valence-electron chi connectivity index (χ2n) is 6.94. The van der Waals surface area contributed by atoms with E-state index in [1.165, 1.54) is 6.20 Å². The highest BCUT2D eigenvalue weighted by atomic mass is 16.5. The highest BCUT2D eigenvalue weighted by Crippen LogP contribution is 2.29. The Morgan fingerprint density at radius 1 is 1.00 bits per heavy atom. The van der Waals surface area contributed by atoms with Crippen molar-refractivity contribution in [3.05, 3.63) is 66.4 Å². The SMILES string of the molecule is COc1ccccc1N1CCN(c2ncc(C(=O)Nc3ccccc3)c(N)n2)CC1. The summed E-state index contributed by atoms with van der Waals surface area (Å²) in [6, 6.07) is 17.2. The van der Waals surface area contributed by atoms with E-state index in [0.717, 1.165) is 37.6 Å². The Balaban J connectivity index is 1.42. The lowest BCUT2D eigenvalue weighted by Crippen LogP contribution is -2.47. The highest BCUT2D eigenvalue weighted by molar-refractivity contribution is 6.07. The van der Waals surface area contributed by atoms with Crippen LogP contribution in [0.25, 0.3) is 0 Å². The van der Waals surface area contributed by atoms with Crippen molar-refractivity contribution in [2.45, 2.75) is 0 Å². The van der Waals surface area contributed by atoms with Crippen molar-refractivity contribution in [2.75, 3.05) is 54.1 Å². The lowest BCUT2D eigenvalue weighted by molar-refractivity contribution is 0.102. The van der Waals surface area contributed by atoms with Crippen LogP contribution < -0.4 is 25.6 Å². The zero-order valence-electron chi connectivity index (χ0n) is 16.8. The Hall–Kier alpha value is -3.81. The first kappa shape index (κ1) is 19.5. The second kappa shape index (κ2) is 8.69. The zero-order chi connectivity index (χ0) is 20.9. The number of hydrogen-bond donors (Lipinski definition) is 2. The van der Waals surface area contributed by atoms with Gasteiger partial charge >= 0.3 is 0 Å². The molecule has 154 valence electrons. The number of aromatic nitrogens is 2. The molecule has 0 aliphatic carbocycles. The number of ether oxygens (including phenoxy) is 1. The maximum Gasteiger partial charge on any atom is 0.260 e. The van der Waals surface area contributed by atoms with Crippen molar-refractivity contribution >= 4 is 29.0 Å². The number of nitrogens with two attached hydrogens (primary N) is 1. The molecule has 0 radical (unpaired) electrons. The number of nitrogen functional groups attached to an aromatic ring is 1. The predicted octanol–water partition coefficient (Wildman–Crippen LogP) is 2.65. The fourth-order valence-electron chi connectivity index (χ4n) is 3.47. The molecule has 3 N–H and O–H groups in total. The first-order valence-electron chi connectivity index (χ1n) is 9.77. The van der Waals surface area contributed by atoms with Gasteiger partial charge in [0, 0.05) is 38.1 Å². The number of anilines is 4. The van der Waals surface area contributed by atoms with Crippen LogP contribution in [0.4, 0.5) is 23.1 Å². The van der Waals surface area contributed by atoms with E-state index in [4.69, 9.17) is 10.5 Å². The lowest BCUT2D eigenvalue weighted by Gasteiger charge is -2.36. The summed E-state index contributed by atoms with van der Waals surface area (Å²) >= 11 is 0. The fourth-order valence-corrected chi connectivity index (χ4v) is 3.47. The Kier molecular flexibility index (Phi) is 5.65. The van der Waals surface area contributed by atoms with Gasteiger partial charge in [-0.05, 0) is 24.3 Å². The van der Waals surface area contributed by atoms with E-state index in [2.05, 4.69) is 31.2 Å². The lowest BCUT2D eigenvalue weighted by atomic mass is 10.2. The van der Waals surface area contributed by atoms with Crippen molar-refractivity contribution < 1.29 is 9.53 Å². The molecular weight excluding hydrogens is 380 g/mol. The van der Waals surface area contributed by atoms with Gasteiger partial charge < -0.3 is 25.6 Å². The Morgan fingerprint density at radius 3 is 2.37 bits per heavy atom. The molecule has 4 rings (SSSR count). The monoisotopic (exact) mass is 404 g/mol. The number of piperazine rings is 1. The highest BCUT2D eigenvalue weighted by Gasteiger charge is 2.22. The molecule has 3 aromatic rings. The smallest absolute Gasteiger partial charge is 0.260 e. The zero-order valence-corrected chi connectivity index (χ0v) is 16.8. The number of para-hydroxylation sites is 3. The number of carbonyl (C=O) groups is 1. The van der Waals surface area contributed by atoms with E-state index in [1.807, 2.05) is 48.5 Å². The molecule has 1 aliphatic heterocycles. The standard InChI is InChI=1S/C22H24N6O2/c1-30-19-10-6-5-9-18(19)27-11-13-28(14-12-27)22-24-15-17(20(23)26-22)21(29)25-16-7-3-2-4-8-16/h2-10,15H,11-14H2,1H3,(H,25,29)(H2,23,24,26). The van der Waals surface area contributed by atoms with Crippen LogP contribution in [0.5, 0.6) is 5.75 Å². The van der Waals surface area contributed by atoms with Gasteiger partial charge in [-0.2, -0.15) is 4.98 Å². The summed E-state index contributed by atoms with van der Waals surface area (Å²) in [5, 5.41) is 2.80. The van der Waals surface area contributed by atoms with Crippen molar-refractivity contribution in [1.82, 2.24) is 9.97 Å². The van der Waals surface area contributed by atoms with Gasteiger partial charge in [0.25, 0.3) is 5.91 Å². The largest absolute Gasteiger partial charge is 0.495 e. The van der Waals surface area contributed by atoms with Crippen LogP contribution in [0.1, 0.15) is 10.4 Å². The van der Waals surface area contributed by atoms with Crippen molar-refractivity contribution in [2.24, 2.45) is 0 Å². The van der Waals surface area contributed by atoms with Gasteiger partial charge in [-0.25, -0.2) is 4.98 Å². The molecule has 1 saturated heterocycles. The van der Waals surface area contributed by atoms with Crippen LogP contribution in [0.3, 0.4) is 0 Å². The quantitative estimate of drug-likeness (QED) is 0.675. The summed E-state index contributed by atoms with van der Waals surface area (Å²) in [4.78, 5) is 25.6. The van der Waals surface area contributed by atoms with E-state index in [-0.39, 0.29) is 17.3 Å². The topological polar surface area (TPSA) is 96.6 Å². The molecule has 1 fully saturated rings. The number of nitrogens with zero attached hydrogens (tertiary/aromatic N) is 4. The Labute approximate surface area is 175 Å². The van der Waals surface area contributed by atoms with E-state index in [9.17, 15) is 4.79 Å². The molecule has 0 spiro atoms. The molecule has 0 saturated carbocycles. The fraction of sp³-hybridized carbons (Fsp3) is 0.227. The summed E-state index contributed by atoms with van der Waals surface area (Å²) in [6.07, 6.45) is 1.49. The summed E-state index contributed by atoms with van der Waals surface area (Å²) in [6.45, 7) is 3.10. The van der Waals surface area contributed by atoms with E-state index < -0.39 is 0 Å². The van der Waals surface area contributed by atoms with Crippen LogP contribution in [-0.2, 0) is 0 Å². The van der Waals surface area contributed by atoms with E-state index in [0.29, 0.717) is 11.6 Å². The number of carbonyl (C=O) groups excluding carboxylic acids is 1. The van der Waals surface area contributed by atoms with Crippen LogP contribution >= 0.6 is 0 Å². The van der Waals surface area contributed by atoms with Crippen LogP contribution in [0, 0.1) is 0 Å². The van der Waals surface area contributed by atoms with E-state index >= 15 is 0 Å². The minimum atomic E-state index is -0.328. The van der Waals surface area contributed by atoms with Gasteiger partial charge in [0.1, 0.15) is 17.1 Å². The molecule has 0 atom stereocenters. The van der Waals surface area contributed by atoms with Gasteiger partial charge in [0.05, 0.1) is 12.8 Å². The maximum atomic E-state index is 12.5. The van der Waals surface area contributed by atoms with Gasteiger partial charge in [-0.1, -0.05) is 30.3 Å². The number of methoxy groups -OCH3 is 1. The van der Waals surface area contributed by atoms with Gasteiger partial charge in [0.2, 0.25) is 5.95 Å².